The summed E-state index contributed by atoms with van der Waals surface area (Å²) in [5.74, 6) is -0.337. The molecule has 0 saturated heterocycles. The molecule has 0 spiro atoms. The van der Waals surface area contributed by atoms with E-state index in [0.29, 0.717) is 10.3 Å². The largest absolute Gasteiger partial charge is 0.441 e. The smallest absolute Gasteiger partial charge is 0.198 e. The number of hydrogen-bond acceptors (Lipinski definition) is 2. The predicted octanol–water partition coefficient (Wildman–Crippen LogP) is 9.33. The van der Waals surface area contributed by atoms with Gasteiger partial charge in [0.25, 0.3) is 0 Å². The summed E-state index contributed by atoms with van der Waals surface area (Å²) in [6, 6.07) is 18.7. The second kappa shape index (κ2) is 9.74. The zero-order valence-corrected chi connectivity index (χ0v) is 19.2. The minimum atomic E-state index is -0.337. The molecule has 1 aromatic heterocycles. The monoisotopic (exact) mass is 432 g/mol. The molecule has 0 aliphatic rings. The van der Waals surface area contributed by atoms with Gasteiger partial charge in [-0.2, -0.15) is 0 Å². The minimum absolute atomic E-state index is 0.240. The average molecular weight is 433 g/mol. The lowest BCUT2D eigenvalue weighted by Crippen LogP contribution is -1.89. The second-order valence-electron chi connectivity index (χ2n) is 8.44. The average Bonchev–Trinajstić information content (AvgIpc) is 2.79. The molecule has 0 saturated carbocycles. The summed E-state index contributed by atoms with van der Waals surface area (Å²) in [7, 11) is 0. The number of fused-ring (bicyclic) bond motifs is 3. The molecule has 0 radical (unpaired) electrons. The fraction of sp³-hybridized carbons (Fsp3) is 0.321. The van der Waals surface area contributed by atoms with E-state index in [4.69, 9.17) is 16.6 Å². The summed E-state index contributed by atoms with van der Waals surface area (Å²) in [6.07, 6.45) is 9.05. The maximum Gasteiger partial charge on any atom is 0.198 e. The van der Waals surface area contributed by atoms with Crippen molar-refractivity contribution in [1.29, 1.82) is 0 Å². The molecule has 0 bridgehead atoms. The van der Waals surface area contributed by atoms with Crippen LogP contribution in [0.15, 0.2) is 59.0 Å². The number of unbranched alkanes of at least 4 members (excludes halogenated alkanes) is 5. The molecule has 1 nitrogen and oxygen atoms in total. The van der Waals surface area contributed by atoms with Crippen LogP contribution in [0.2, 0.25) is 0 Å². The standard InChI is InChI=1S/C28H29FOS/c1-3-4-5-6-7-8-9-20-11-13-21(14-12-20)22-15-17-23-24-16-10-19(2)26(29)27(24)30-28(31)25(23)18-22/h10-18H,3-9H2,1-2H3. The molecule has 3 aromatic carbocycles. The van der Waals surface area contributed by atoms with Gasteiger partial charge in [0, 0.05) is 10.8 Å². The van der Waals surface area contributed by atoms with Crippen LogP contribution in [0.1, 0.15) is 56.6 Å². The van der Waals surface area contributed by atoms with E-state index in [1.807, 2.05) is 12.1 Å². The minimum Gasteiger partial charge on any atom is -0.441 e. The van der Waals surface area contributed by atoms with Crippen LogP contribution >= 0.6 is 12.2 Å². The van der Waals surface area contributed by atoms with Crippen molar-refractivity contribution in [2.45, 2.75) is 58.8 Å². The van der Waals surface area contributed by atoms with Crippen molar-refractivity contribution in [1.82, 2.24) is 0 Å². The topological polar surface area (TPSA) is 13.1 Å². The Balaban J connectivity index is 1.56. The Morgan fingerprint density at radius 1 is 0.774 bits per heavy atom. The number of hydrogen-bond donors (Lipinski definition) is 0. The first-order valence-electron chi connectivity index (χ1n) is 11.3. The van der Waals surface area contributed by atoms with Crippen LogP contribution in [0.3, 0.4) is 0 Å². The molecule has 0 aliphatic carbocycles. The third-order valence-electron chi connectivity index (χ3n) is 6.12. The number of aryl methyl sites for hydroxylation is 2. The van der Waals surface area contributed by atoms with Crippen molar-refractivity contribution in [2.75, 3.05) is 0 Å². The van der Waals surface area contributed by atoms with E-state index in [1.165, 1.54) is 44.1 Å². The fourth-order valence-electron chi connectivity index (χ4n) is 4.21. The van der Waals surface area contributed by atoms with Gasteiger partial charge in [0.1, 0.15) is 0 Å². The Bertz CT molecular complexity index is 1250. The highest BCUT2D eigenvalue weighted by atomic mass is 32.1. The van der Waals surface area contributed by atoms with Crippen LogP contribution in [0.5, 0.6) is 0 Å². The predicted molar refractivity (Wildman–Crippen MR) is 132 cm³/mol. The molecular weight excluding hydrogens is 403 g/mol. The Labute approximate surface area is 188 Å². The van der Waals surface area contributed by atoms with Gasteiger partial charge in [0.15, 0.2) is 16.1 Å². The molecule has 1 heterocycles. The second-order valence-corrected chi connectivity index (χ2v) is 8.81. The normalized spacial score (nSPS) is 11.5. The number of halogens is 1. The lowest BCUT2D eigenvalue weighted by Gasteiger charge is -2.09. The van der Waals surface area contributed by atoms with E-state index in [9.17, 15) is 4.39 Å². The molecule has 3 heteroatoms. The third kappa shape index (κ3) is 4.72. The number of benzene rings is 3. The molecule has 0 fully saturated rings. The molecule has 0 N–H and O–H groups in total. The molecule has 31 heavy (non-hydrogen) atoms. The lowest BCUT2D eigenvalue weighted by atomic mass is 9.98. The Kier molecular flexibility index (Phi) is 6.82. The van der Waals surface area contributed by atoms with Crippen LogP contribution in [0, 0.1) is 17.4 Å². The third-order valence-corrected chi connectivity index (χ3v) is 6.42. The van der Waals surface area contributed by atoms with Crippen LogP contribution in [0.4, 0.5) is 4.39 Å². The molecule has 0 unspecified atom stereocenters. The molecule has 4 rings (SSSR count). The summed E-state index contributed by atoms with van der Waals surface area (Å²) in [6.45, 7) is 3.99. The van der Waals surface area contributed by atoms with Gasteiger partial charge in [0.2, 0.25) is 0 Å². The number of rotatable bonds is 8. The highest BCUT2D eigenvalue weighted by molar-refractivity contribution is 7.71. The van der Waals surface area contributed by atoms with Gasteiger partial charge in [-0.05, 0) is 65.7 Å². The van der Waals surface area contributed by atoms with Gasteiger partial charge < -0.3 is 4.42 Å². The first-order chi connectivity index (χ1) is 15.1. The zero-order valence-electron chi connectivity index (χ0n) is 18.3. The van der Waals surface area contributed by atoms with E-state index in [0.717, 1.165) is 33.7 Å². The molecule has 0 atom stereocenters. The first-order valence-corrected chi connectivity index (χ1v) is 11.7. The van der Waals surface area contributed by atoms with Crippen molar-refractivity contribution in [3.63, 3.8) is 0 Å². The Hall–Kier alpha value is -2.52. The molecule has 160 valence electrons. The van der Waals surface area contributed by atoms with Gasteiger partial charge >= 0.3 is 0 Å². The van der Waals surface area contributed by atoms with Gasteiger partial charge in [-0.3, -0.25) is 0 Å². The summed E-state index contributed by atoms with van der Waals surface area (Å²) in [5, 5.41) is 2.53. The van der Waals surface area contributed by atoms with Crippen molar-refractivity contribution in [3.8, 4) is 11.1 Å². The van der Waals surface area contributed by atoms with E-state index in [2.05, 4.69) is 43.3 Å². The summed E-state index contributed by atoms with van der Waals surface area (Å²) in [4.78, 5) is 0. The van der Waals surface area contributed by atoms with E-state index in [1.54, 1.807) is 13.0 Å². The van der Waals surface area contributed by atoms with Crippen molar-refractivity contribution < 1.29 is 8.81 Å². The Morgan fingerprint density at radius 3 is 2.23 bits per heavy atom. The first kappa shape index (κ1) is 21.7. The Morgan fingerprint density at radius 2 is 1.45 bits per heavy atom. The summed E-state index contributed by atoms with van der Waals surface area (Å²) >= 11 is 5.47. The maximum absolute atomic E-state index is 14.5. The lowest BCUT2D eigenvalue weighted by molar-refractivity contribution is 0.542. The molecule has 0 amide bonds. The molecule has 4 aromatic rings. The van der Waals surface area contributed by atoms with Crippen LogP contribution in [-0.4, -0.2) is 0 Å². The summed E-state index contributed by atoms with van der Waals surface area (Å²) in [5.41, 5.74) is 4.42. The highest BCUT2D eigenvalue weighted by Crippen LogP contribution is 2.33. The van der Waals surface area contributed by atoms with Crippen molar-refractivity contribution in [3.05, 3.63) is 76.2 Å². The highest BCUT2D eigenvalue weighted by Gasteiger charge is 2.12. The fourth-order valence-corrected chi connectivity index (χ4v) is 4.47. The van der Waals surface area contributed by atoms with E-state index >= 15 is 0 Å². The van der Waals surface area contributed by atoms with Crippen molar-refractivity contribution >= 4 is 34.0 Å². The van der Waals surface area contributed by atoms with Crippen LogP contribution < -0.4 is 0 Å². The van der Waals surface area contributed by atoms with Crippen LogP contribution in [-0.2, 0) is 6.42 Å². The van der Waals surface area contributed by atoms with Crippen LogP contribution in [0.25, 0.3) is 32.9 Å². The quantitative estimate of drug-likeness (QED) is 0.156. The van der Waals surface area contributed by atoms with Gasteiger partial charge in [-0.25, -0.2) is 4.39 Å². The van der Waals surface area contributed by atoms with Gasteiger partial charge in [0.05, 0.1) is 0 Å². The van der Waals surface area contributed by atoms with E-state index < -0.39 is 0 Å². The zero-order chi connectivity index (χ0) is 21.8. The SMILES string of the molecule is CCCCCCCCc1ccc(-c2ccc3c(c2)c(=S)oc2c(F)c(C)ccc23)cc1. The summed E-state index contributed by atoms with van der Waals surface area (Å²) < 4.78 is 20.6. The van der Waals surface area contributed by atoms with Gasteiger partial charge in [-0.1, -0.05) is 87.6 Å². The maximum atomic E-state index is 14.5. The molecular formula is C28H29FOS. The van der Waals surface area contributed by atoms with E-state index in [-0.39, 0.29) is 11.4 Å². The van der Waals surface area contributed by atoms with Crippen molar-refractivity contribution in [2.24, 2.45) is 0 Å². The van der Waals surface area contributed by atoms with Gasteiger partial charge in [-0.15, -0.1) is 0 Å². The molecule has 0 aliphatic heterocycles.